The zero-order valence-electron chi connectivity index (χ0n) is 12.1. The molecule has 0 unspecified atom stereocenters. The van der Waals surface area contributed by atoms with Crippen molar-refractivity contribution in [2.75, 3.05) is 0 Å². The second-order valence-corrected chi connectivity index (χ2v) is 4.62. The number of rotatable bonds is 1. The van der Waals surface area contributed by atoms with Crippen LogP contribution in [0, 0.1) is 13.8 Å². The van der Waals surface area contributed by atoms with Gasteiger partial charge >= 0.3 is 0 Å². The molecule has 4 nitrogen and oxygen atoms in total. The van der Waals surface area contributed by atoms with E-state index in [1.165, 1.54) is 0 Å². The summed E-state index contributed by atoms with van der Waals surface area (Å²) >= 11 is 5.97. The maximum absolute atomic E-state index is 5.97. The van der Waals surface area contributed by atoms with Crippen LogP contribution in [-0.2, 0) is 0 Å². The van der Waals surface area contributed by atoms with E-state index in [2.05, 4.69) is 15.0 Å². The molecule has 3 rings (SSSR count). The lowest BCUT2D eigenvalue weighted by atomic mass is 10.3. The summed E-state index contributed by atoms with van der Waals surface area (Å²) in [5, 5.41) is 0.445. The normalized spacial score (nSPS) is 10.2. The van der Waals surface area contributed by atoms with Gasteiger partial charge in [0.15, 0.2) is 5.82 Å². The monoisotopic (exact) mass is 288 g/mol. The van der Waals surface area contributed by atoms with Gasteiger partial charge in [0.2, 0.25) is 0 Å². The fourth-order valence-electron chi connectivity index (χ4n) is 1.90. The highest BCUT2D eigenvalue weighted by Gasteiger charge is 2.10. The Bertz CT molecular complexity index is 714. The number of imidazole rings is 1. The van der Waals surface area contributed by atoms with Gasteiger partial charge < -0.3 is 0 Å². The molecular weight excluding hydrogens is 272 g/mol. The first kappa shape index (κ1) is 14.5. The van der Waals surface area contributed by atoms with Crippen LogP contribution in [0.3, 0.4) is 0 Å². The van der Waals surface area contributed by atoms with E-state index < -0.39 is 0 Å². The van der Waals surface area contributed by atoms with Gasteiger partial charge in [-0.1, -0.05) is 31.5 Å². The zero-order chi connectivity index (χ0) is 14.7. The molecule has 5 heteroatoms. The molecule has 104 valence electrons. The molecule has 0 N–H and O–H groups in total. The topological polar surface area (TPSA) is 43.1 Å². The minimum atomic E-state index is 0.445. The summed E-state index contributed by atoms with van der Waals surface area (Å²) in [6, 6.07) is 5.73. The van der Waals surface area contributed by atoms with E-state index in [9.17, 15) is 0 Å². The Morgan fingerprint density at radius 3 is 2.55 bits per heavy atom. The Morgan fingerprint density at radius 2 is 1.85 bits per heavy atom. The summed E-state index contributed by atoms with van der Waals surface area (Å²) in [6.45, 7) is 7.93. The lowest BCUT2D eigenvalue weighted by molar-refractivity contribution is 1.07. The lowest BCUT2D eigenvalue weighted by Crippen LogP contribution is -1.96. The van der Waals surface area contributed by atoms with Gasteiger partial charge in [-0.25, -0.2) is 15.0 Å². The molecule has 20 heavy (non-hydrogen) atoms. The number of fused-ring (bicyclic) bond motifs is 1. The Morgan fingerprint density at radius 1 is 1.10 bits per heavy atom. The van der Waals surface area contributed by atoms with Crippen LogP contribution in [0.5, 0.6) is 0 Å². The van der Waals surface area contributed by atoms with Crippen LogP contribution in [0.4, 0.5) is 0 Å². The number of pyridine rings is 1. The number of nitrogens with zero attached hydrogens (tertiary/aromatic N) is 4. The molecule has 0 aromatic carbocycles. The van der Waals surface area contributed by atoms with Gasteiger partial charge in [-0.2, -0.15) is 0 Å². The van der Waals surface area contributed by atoms with Crippen molar-refractivity contribution in [3.05, 3.63) is 47.0 Å². The Balaban J connectivity index is 0.000000704. The van der Waals surface area contributed by atoms with Gasteiger partial charge in [-0.3, -0.25) is 4.40 Å². The zero-order valence-corrected chi connectivity index (χ0v) is 12.8. The number of hydrogen-bond donors (Lipinski definition) is 0. The Hall–Kier alpha value is -1.94. The van der Waals surface area contributed by atoms with Gasteiger partial charge in [0.25, 0.3) is 0 Å². The predicted molar refractivity (Wildman–Crippen MR) is 82.1 cm³/mol. The number of halogens is 1. The molecule has 0 amide bonds. The largest absolute Gasteiger partial charge is 0.297 e. The molecule has 0 fully saturated rings. The van der Waals surface area contributed by atoms with Gasteiger partial charge in [0.1, 0.15) is 16.5 Å². The molecule has 0 saturated heterocycles. The SMILES string of the molecule is CC.Cc1ccc2ncc(-c3nc(C)cc(Cl)n3)n2c1. The molecule has 3 heterocycles. The smallest absolute Gasteiger partial charge is 0.179 e. The first-order valence-corrected chi connectivity index (χ1v) is 6.96. The van der Waals surface area contributed by atoms with Crippen molar-refractivity contribution in [3.8, 4) is 11.5 Å². The van der Waals surface area contributed by atoms with Gasteiger partial charge in [-0.15, -0.1) is 0 Å². The maximum atomic E-state index is 5.97. The van der Waals surface area contributed by atoms with Crippen LogP contribution in [0.15, 0.2) is 30.6 Å². The van der Waals surface area contributed by atoms with Crippen LogP contribution in [0.1, 0.15) is 25.1 Å². The van der Waals surface area contributed by atoms with Crippen molar-refractivity contribution in [1.29, 1.82) is 0 Å². The third-order valence-corrected chi connectivity index (χ3v) is 2.90. The summed E-state index contributed by atoms with van der Waals surface area (Å²) in [7, 11) is 0. The summed E-state index contributed by atoms with van der Waals surface area (Å²) in [4.78, 5) is 13.0. The maximum Gasteiger partial charge on any atom is 0.179 e. The van der Waals surface area contributed by atoms with E-state index in [-0.39, 0.29) is 0 Å². The van der Waals surface area contributed by atoms with E-state index in [0.717, 1.165) is 22.6 Å². The van der Waals surface area contributed by atoms with Gasteiger partial charge in [-0.05, 0) is 31.5 Å². The highest BCUT2D eigenvalue weighted by Crippen LogP contribution is 2.20. The van der Waals surface area contributed by atoms with E-state index in [1.807, 2.05) is 50.4 Å². The molecule has 0 aliphatic carbocycles. The Kier molecular flexibility index (Phi) is 4.35. The fourth-order valence-corrected chi connectivity index (χ4v) is 2.13. The van der Waals surface area contributed by atoms with Gasteiger partial charge in [0.05, 0.1) is 6.20 Å². The molecule has 3 aromatic rings. The minimum Gasteiger partial charge on any atom is -0.297 e. The first-order valence-electron chi connectivity index (χ1n) is 6.59. The summed E-state index contributed by atoms with van der Waals surface area (Å²) in [5.74, 6) is 0.595. The van der Waals surface area contributed by atoms with Crippen molar-refractivity contribution in [2.24, 2.45) is 0 Å². The average Bonchev–Trinajstić information content (AvgIpc) is 2.83. The molecule has 0 saturated carbocycles. The molecule has 0 aliphatic heterocycles. The molecule has 0 aliphatic rings. The molecule has 0 spiro atoms. The van der Waals surface area contributed by atoms with E-state index >= 15 is 0 Å². The van der Waals surface area contributed by atoms with E-state index in [0.29, 0.717) is 11.0 Å². The van der Waals surface area contributed by atoms with Crippen molar-refractivity contribution in [2.45, 2.75) is 27.7 Å². The highest BCUT2D eigenvalue weighted by molar-refractivity contribution is 6.29. The first-order chi connectivity index (χ1) is 9.63. The molecule has 3 aromatic heterocycles. The van der Waals surface area contributed by atoms with Crippen LogP contribution < -0.4 is 0 Å². The molecule has 0 radical (unpaired) electrons. The molecular formula is C15H17ClN4. The third-order valence-electron chi connectivity index (χ3n) is 2.71. The van der Waals surface area contributed by atoms with E-state index in [4.69, 9.17) is 11.6 Å². The number of aryl methyl sites for hydroxylation is 2. The van der Waals surface area contributed by atoms with Crippen LogP contribution in [0.2, 0.25) is 5.15 Å². The summed E-state index contributed by atoms with van der Waals surface area (Å²) in [5.41, 5.74) is 3.71. The highest BCUT2D eigenvalue weighted by atomic mass is 35.5. The van der Waals surface area contributed by atoms with Crippen molar-refractivity contribution < 1.29 is 0 Å². The van der Waals surface area contributed by atoms with Crippen molar-refractivity contribution >= 4 is 17.2 Å². The van der Waals surface area contributed by atoms with Crippen molar-refractivity contribution in [1.82, 2.24) is 19.4 Å². The minimum absolute atomic E-state index is 0.445. The number of hydrogen-bond acceptors (Lipinski definition) is 3. The fraction of sp³-hybridized carbons (Fsp3) is 0.267. The molecule has 0 bridgehead atoms. The summed E-state index contributed by atoms with van der Waals surface area (Å²) in [6.07, 6.45) is 3.77. The quantitative estimate of drug-likeness (QED) is 0.634. The van der Waals surface area contributed by atoms with Crippen LogP contribution in [0.25, 0.3) is 17.2 Å². The third kappa shape index (κ3) is 2.80. The lowest BCUT2D eigenvalue weighted by Gasteiger charge is -2.03. The van der Waals surface area contributed by atoms with E-state index in [1.54, 1.807) is 12.3 Å². The Labute approximate surface area is 123 Å². The van der Waals surface area contributed by atoms with Gasteiger partial charge in [0, 0.05) is 11.9 Å². The second-order valence-electron chi connectivity index (χ2n) is 4.23. The number of aromatic nitrogens is 4. The summed E-state index contributed by atoms with van der Waals surface area (Å²) < 4.78 is 1.97. The van der Waals surface area contributed by atoms with Crippen LogP contribution >= 0.6 is 11.6 Å². The second kappa shape index (κ2) is 6.01. The predicted octanol–water partition coefficient (Wildman–Crippen LogP) is 4.09. The average molecular weight is 289 g/mol. The molecule has 0 atom stereocenters. The standard InChI is InChI=1S/C13H11ClN4.C2H6/c1-8-3-4-12-15-6-10(18(12)7-8)13-16-9(2)5-11(14)17-13;1-2/h3-7H,1-2H3;1-2H3. The van der Waals surface area contributed by atoms with Crippen LogP contribution in [-0.4, -0.2) is 19.4 Å². The van der Waals surface area contributed by atoms with Crippen molar-refractivity contribution in [3.63, 3.8) is 0 Å².